The van der Waals surface area contributed by atoms with Gasteiger partial charge in [-0.15, -0.1) is 0 Å². The lowest BCUT2D eigenvalue weighted by molar-refractivity contribution is 0.0599. The number of aliphatic hydroxyl groups is 1. The van der Waals surface area contributed by atoms with Gasteiger partial charge < -0.3 is 9.84 Å². The number of ether oxygens (including phenoxy) is 1. The Morgan fingerprint density at radius 3 is 2.75 bits per heavy atom. The van der Waals surface area contributed by atoms with E-state index in [9.17, 15) is 9.90 Å². The molecule has 0 spiro atoms. The summed E-state index contributed by atoms with van der Waals surface area (Å²) in [5.41, 5.74) is 1.73. The Morgan fingerprint density at radius 2 is 2.15 bits per heavy atom. The number of benzene rings is 1. The lowest BCUT2D eigenvalue weighted by Gasteiger charge is -2.33. The molecule has 0 bridgehead atoms. The third kappa shape index (κ3) is 3.81. The van der Waals surface area contributed by atoms with Crippen molar-refractivity contribution >= 4 is 5.97 Å². The molecule has 1 fully saturated rings. The van der Waals surface area contributed by atoms with Crippen LogP contribution in [0.3, 0.4) is 0 Å². The van der Waals surface area contributed by atoms with Crippen LogP contribution in [-0.4, -0.2) is 42.3 Å². The van der Waals surface area contributed by atoms with E-state index in [0.717, 1.165) is 38.0 Å². The molecule has 0 saturated carbocycles. The van der Waals surface area contributed by atoms with Gasteiger partial charge in [0.05, 0.1) is 18.8 Å². The molecule has 1 unspecified atom stereocenters. The first-order valence-electron chi connectivity index (χ1n) is 7.18. The third-order valence-corrected chi connectivity index (χ3v) is 4.07. The summed E-state index contributed by atoms with van der Waals surface area (Å²) in [6.45, 7) is 4.72. The standard InChI is InChI=1S/C16H23NO3/c1-12(18)14-6-8-17(9-7-14)11-13-4-3-5-15(10-13)16(19)20-2/h3-5,10,12,14,18H,6-9,11H2,1-2H3. The van der Waals surface area contributed by atoms with Crippen molar-refractivity contribution in [2.75, 3.05) is 20.2 Å². The van der Waals surface area contributed by atoms with Gasteiger partial charge in [-0.1, -0.05) is 12.1 Å². The number of nitrogens with zero attached hydrogens (tertiary/aromatic N) is 1. The number of hydrogen-bond acceptors (Lipinski definition) is 4. The van der Waals surface area contributed by atoms with Crippen LogP contribution in [-0.2, 0) is 11.3 Å². The molecular formula is C16H23NO3. The first-order valence-corrected chi connectivity index (χ1v) is 7.18. The van der Waals surface area contributed by atoms with Gasteiger partial charge in [0.2, 0.25) is 0 Å². The molecule has 4 heteroatoms. The number of hydrogen-bond donors (Lipinski definition) is 1. The van der Waals surface area contributed by atoms with Crippen molar-refractivity contribution in [1.29, 1.82) is 0 Å². The van der Waals surface area contributed by atoms with Crippen molar-refractivity contribution < 1.29 is 14.6 Å². The van der Waals surface area contributed by atoms with Crippen molar-refractivity contribution in [2.45, 2.75) is 32.4 Å². The smallest absolute Gasteiger partial charge is 0.337 e. The third-order valence-electron chi connectivity index (χ3n) is 4.07. The van der Waals surface area contributed by atoms with Crippen molar-refractivity contribution in [1.82, 2.24) is 4.90 Å². The highest BCUT2D eigenvalue weighted by Crippen LogP contribution is 2.22. The SMILES string of the molecule is COC(=O)c1cccc(CN2CCC(C(C)O)CC2)c1. The van der Waals surface area contributed by atoms with Crippen molar-refractivity contribution in [3.05, 3.63) is 35.4 Å². The first kappa shape index (κ1) is 15.0. The van der Waals surface area contributed by atoms with E-state index in [-0.39, 0.29) is 12.1 Å². The number of carbonyl (C=O) groups excluding carboxylic acids is 1. The molecule has 0 aromatic heterocycles. The van der Waals surface area contributed by atoms with Gasteiger partial charge in [-0.2, -0.15) is 0 Å². The maximum Gasteiger partial charge on any atom is 0.337 e. The number of methoxy groups -OCH3 is 1. The quantitative estimate of drug-likeness (QED) is 0.856. The molecule has 1 saturated heterocycles. The highest BCUT2D eigenvalue weighted by Gasteiger charge is 2.22. The van der Waals surface area contributed by atoms with Gasteiger partial charge in [0.25, 0.3) is 0 Å². The minimum absolute atomic E-state index is 0.209. The van der Waals surface area contributed by atoms with Gasteiger partial charge in [-0.25, -0.2) is 4.79 Å². The Labute approximate surface area is 120 Å². The van der Waals surface area contributed by atoms with Crippen LogP contribution in [0.1, 0.15) is 35.7 Å². The summed E-state index contributed by atoms with van der Waals surface area (Å²) >= 11 is 0. The van der Waals surface area contributed by atoms with Gasteiger partial charge in [-0.05, 0) is 56.5 Å². The maximum atomic E-state index is 11.5. The van der Waals surface area contributed by atoms with Crippen LogP contribution in [0.5, 0.6) is 0 Å². The number of aliphatic hydroxyl groups excluding tert-OH is 1. The molecule has 0 aliphatic carbocycles. The van der Waals surface area contributed by atoms with E-state index in [0.29, 0.717) is 11.5 Å². The van der Waals surface area contributed by atoms with Gasteiger partial charge >= 0.3 is 5.97 Å². The Morgan fingerprint density at radius 1 is 1.45 bits per heavy atom. The second-order valence-electron chi connectivity index (χ2n) is 5.55. The Bertz CT molecular complexity index is 451. The molecule has 0 amide bonds. The molecule has 20 heavy (non-hydrogen) atoms. The van der Waals surface area contributed by atoms with Crippen molar-refractivity contribution in [2.24, 2.45) is 5.92 Å². The minimum Gasteiger partial charge on any atom is -0.465 e. The fourth-order valence-electron chi connectivity index (χ4n) is 2.77. The highest BCUT2D eigenvalue weighted by molar-refractivity contribution is 5.89. The zero-order chi connectivity index (χ0) is 14.5. The molecule has 2 rings (SSSR count). The highest BCUT2D eigenvalue weighted by atomic mass is 16.5. The first-order chi connectivity index (χ1) is 9.60. The molecule has 1 aromatic rings. The van der Waals surface area contributed by atoms with E-state index in [1.165, 1.54) is 7.11 Å². The lowest BCUT2D eigenvalue weighted by Crippen LogP contribution is -2.36. The van der Waals surface area contributed by atoms with E-state index in [1.807, 2.05) is 25.1 Å². The van der Waals surface area contributed by atoms with Gasteiger partial charge in [0.15, 0.2) is 0 Å². The Balaban J connectivity index is 1.93. The number of rotatable bonds is 4. The zero-order valence-corrected chi connectivity index (χ0v) is 12.2. The predicted molar refractivity (Wildman–Crippen MR) is 77.5 cm³/mol. The largest absolute Gasteiger partial charge is 0.465 e. The van der Waals surface area contributed by atoms with Crippen LogP contribution >= 0.6 is 0 Å². The van der Waals surface area contributed by atoms with Crippen molar-refractivity contribution in [3.63, 3.8) is 0 Å². The molecule has 1 aliphatic heterocycles. The number of esters is 1. The second-order valence-corrected chi connectivity index (χ2v) is 5.55. The van der Waals surface area contributed by atoms with E-state index in [1.54, 1.807) is 6.07 Å². The zero-order valence-electron chi connectivity index (χ0n) is 12.2. The van der Waals surface area contributed by atoms with Crippen LogP contribution in [0.15, 0.2) is 24.3 Å². The van der Waals surface area contributed by atoms with Crippen LogP contribution in [0, 0.1) is 5.92 Å². The summed E-state index contributed by atoms with van der Waals surface area (Å²) in [5, 5.41) is 9.61. The topological polar surface area (TPSA) is 49.8 Å². The molecule has 1 heterocycles. The molecule has 1 aliphatic rings. The van der Waals surface area contributed by atoms with E-state index in [2.05, 4.69) is 4.90 Å². The fourth-order valence-corrected chi connectivity index (χ4v) is 2.77. The summed E-state index contributed by atoms with van der Waals surface area (Å²) in [7, 11) is 1.40. The normalized spacial score (nSPS) is 18.8. The van der Waals surface area contributed by atoms with Crippen LogP contribution < -0.4 is 0 Å². The Kier molecular flexibility index (Phi) is 5.15. The van der Waals surface area contributed by atoms with Gasteiger partial charge in [-0.3, -0.25) is 4.90 Å². The van der Waals surface area contributed by atoms with Gasteiger partial charge in [0.1, 0.15) is 0 Å². The molecule has 1 atom stereocenters. The second kappa shape index (κ2) is 6.86. The van der Waals surface area contributed by atoms with E-state index in [4.69, 9.17) is 4.74 Å². The number of carbonyl (C=O) groups is 1. The van der Waals surface area contributed by atoms with Crippen LogP contribution in [0.2, 0.25) is 0 Å². The molecule has 1 N–H and O–H groups in total. The molecular weight excluding hydrogens is 254 g/mol. The molecule has 0 radical (unpaired) electrons. The van der Waals surface area contributed by atoms with Gasteiger partial charge in [0, 0.05) is 6.54 Å². The summed E-state index contributed by atoms with van der Waals surface area (Å²) in [6, 6.07) is 7.60. The minimum atomic E-state index is -0.292. The Hall–Kier alpha value is -1.39. The number of likely N-dealkylation sites (tertiary alicyclic amines) is 1. The monoisotopic (exact) mass is 277 g/mol. The lowest BCUT2D eigenvalue weighted by atomic mass is 9.92. The molecule has 110 valence electrons. The van der Waals surface area contributed by atoms with Crippen LogP contribution in [0.25, 0.3) is 0 Å². The molecule has 1 aromatic carbocycles. The summed E-state index contributed by atoms with van der Waals surface area (Å²) in [6.07, 6.45) is 1.86. The van der Waals surface area contributed by atoms with E-state index >= 15 is 0 Å². The predicted octanol–water partition coefficient (Wildman–Crippen LogP) is 2.07. The fraction of sp³-hybridized carbons (Fsp3) is 0.562. The summed E-state index contributed by atoms with van der Waals surface area (Å²) < 4.78 is 4.74. The summed E-state index contributed by atoms with van der Waals surface area (Å²) in [4.78, 5) is 13.9. The van der Waals surface area contributed by atoms with E-state index < -0.39 is 0 Å². The van der Waals surface area contributed by atoms with Crippen molar-refractivity contribution in [3.8, 4) is 0 Å². The summed E-state index contributed by atoms with van der Waals surface area (Å²) in [5.74, 6) is 0.132. The average molecular weight is 277 g/mol. The number of piperidine rings is 1. The van der Waals surface area contributed by atoms with Crippen LogP contribution in [0.4, 0.5) is 0 Å². The molecule has 4 nitrogen and oxygen atoms in total. The average Bonchev–Trinajstić information content (AvgIpc) is 2.47. The maximum absolute atomic E-state index is 11.5.